The maximum Gasteiger partial charge on any atom is 0.359 e. The Labute approximate surface area is 117 Å². The van der Waals surface area contributed by atoms with E-state index in [1.807, 2.05) is 0 Å². The molecule has 1 aliphatic rings. The minimum atomic E-state index is -0.434. The van der Waals surface area contributed by atoms with Crippen LogP contribution in [0, 0.1) is 12.3 Å². The van der Waals surface area contributed by atoms with E-state index >= 15 is 0 Å². The first-order valence-corrected chi connectivity index (χ1v) is 6.98. The fraction of sp³-hybridized carbons (Fsp3) is 0.455. The highest BCUT2D eigenvalue weighted by molar-refractivity contribution is 9.11. The average molecular weight is 328 g/mol. The lowest BCUT2D eigenvalue weighted by Gasteiger charge is -2.08. The van der Waals surface area contributed by atoms with E-state index in [1.54, 1.807) is 5.51 Å². The van der Waals surface area contributed by atoms with Gasteiger partial charge in [0.25, 0.3) is 0 Å². The molecule has 0 unspecified atom stereocenters. The number of terminal acetylenes is 1. The summed E-state index contributed by atoms with van der Waals surface area (Å²) in [6, 6.07) is 0. The van der Waals surface area contributed by atoms with Gasteiger partial charge < -0.3 is 4.74 Å². The topological polar surface area (TPSA) is 63.9 Å². The minimum Gasteiger partial charge on any atom is -0.461 e. The molecule has 2 heterocycles. The lowest BCUT2D eigenvalue weighted by molar-refractivity contribution is 0.0480. The van der Waals surface area contributed by atoms with Gasteiger partial charge >= 0.3 is 5.97 Å². The van der Waals surface area contributed by atoms with Gasteiger partial charge in [-0.2, -0.15) is 10.2 Å². The van der Waals surface area contributed by atoms with Crippen LogP contribution in [0.5, 0.6) is 0 Å². The van der Waals surface area contributed by atoms with Gasteiger partial charge in [-0.15, -0.1) is 23.7 Å². The molecule has 0 aliphatic carbocycles. The van der Waals surface area contributed by atoms with E-state index in [4.69, 9.17) is 11.2 Å². The Morgan fingerprint density at radius 1 is 1.56 bits per heavy atom. The molecule has 7 heteroatoms. The predicted octanol–water partition coefficient (Wildman–Crippen LogP) is 3.03. The Morgan fingerprint density at radius 3 is 2.89 bits per heavy atom. The SMILES string of the molecule is C#CCCC1(CCOC(=O)c2ncsc2Br)N=N1. The fourth-order valence-electron chi connectivity index (χ4n) is 1.41. The molecule has 0 N–H and O–H groups in total. The van der Waals surface area contributed by atoms with Crippen molar-refractivity contribution in [3.05, 3.63) is 15.0 Å². The molecule has 0 radical (unpaired) electrons. The molecule has 0 bridgehead atoms. The number of carbonyl (C=O) groups is 1. The van der Waals surface area contributed by atoms with Crippen LogP contribution in [0.1, 0.15) is 29.8 Å². The Balaban J connectivity index is 1.75. The summed E-state index contributed by atoms with van der Waals surface area (Å²) in [5, 5.41) is 7.93. The fourth-order valence-corrected chi connectivity index (χ4v) is 2.42. The van der Waals surface area contributed by atoms with E-state index in [2.05, 4.69) is 37.1 Å². The van der Waals surface area contributed by atoms with E-state index in [1.165, 1.54) is 11.3 Å². The van der Waals surface area contributed by atoms with E-state index in [9.17, 15) is 4.79 Å². The molecule has 0 spiro atoms. The second-order valence-electron chi connectivity index (χ2n) is 3.75. The van der Waals surface area contributed by atoms with E-state index in [0.717, 1.165) is 0 Å². The van der Waals surface area contributed by atoms with Crippen molar-refractivity contribution in [2.75, 3.05) is 6.61 Å². The smallest absolute Gasteiger partial charge is 0.359 e. The second kappa shape index (κ2) is 5.59. The lowest BCUT2D eigenvalue weighted by Crippen LogP contribution is -2.16. The van der Waals surface area contributed by atoms with Crippen LogP contribution in [-0.4, -0.2) is 23.2 Å². The Morgan fingerprint density at radius 2 is 2.33 bits per heavy atom. The van der Waals surface area contributed by atoms with Crippen molar-refractivity contribution in [1.29, 1.82) is 0 Å². The molecule has 0 fully saturated rings. The van der Waals surface area contributed by atoms with Gasteiger partial charge in [0.1, 0.15) is 3.79 Å². The van der Waals surface area contributed by atoms with Gasteiger partial charge in [0.05, 0.1) is 12.1 Å². The second-order valence-corrected chi connectivity index (χ2v) is 5.92. The predicted molar refractivity (Wildman–Crippen MR) is 70.4 cm³/mol. The lowest BCUT2D eigenvalue weighted by atomic mass is 10.1. The van der Waals surface area contributed by atoms with Gasteiger partial charge in [-0.3, -0.25) is 0 Å². The number of halogens is 1. The molecule has 0 atom stereocenters. The minimum absolute atomic E-state index is 0.264. The molecule has 94 valence electrons. The maximum absolute atomic E-state index is 11.6. The van der Waals surface area contributed by atoms with Crippen LogP contribution >= 0.6 is 27.3 Å². The summed E-state index contributed by atoms with van der Waals surface area (Å²) >= 11 is 4.58. The van der Waals surface area contributed by atoms with Crippen molar-refractivity contribution in [2.24, 2.45) is 10.2 Å². The first-order chi connectivity index (χ1) is 8.67. The van der Waals surface area contributed by atoms with Crippen LogP contribution in [0.15, 0.2) is 19.5 Å². The monoisotopic (exact) mass is 327 g/mol. The summed E-state index contributed by atoms with van der Waals surface area (Å²) in [6.45, 7) is 0.264. The van der Waals surface area contributed by atoms with Gasteiger partial charge in [-0.25, -0.2) is 9.78 Å². The number of thiazole rings is 1. The largest absolute Gasteiger partial charge is 0.461 e. The van der Waals surface area contributed by atoms with Crippen LogP contribution in [0.2, 0.25) is 0 Å². The highest BCUT2D eigenvalue weighted by Crippen LogP contribution is 2.36. The molecule has 2 rings (SSSR count). The molecule has 0 saturated heterocycles. The first-order valence-electron chi connectivity index (χ1n) is 5.30. The molecule has 1 aromatic heterocycles. The molecule has 18 heavy (non-hydrogen) atoms. The third kappa shape index (κ3) is 3.15. The molecular formula is C11H10BrN3O2S. The molecule has 0 amide bonds. The zero-order valence-electron chi connectivity index (χ0n) is 9.43. The van der Waals surface area contributed by atoms with Crippen LogP contribution in [0.3, 0.4) is 0 Å². The zero-order valence-corrected chi connectivity index (χ0v) is 11.8. The molecule has 5 nitrogen and oxygen atoms in total. The third-order valence-corrected chi connectivity index (χ3v) is 4.05. The summed E-state index contributed by atoms with van der Waals surface area (Å²) < 4.78 is 5.80. The standard InChI is InChI=1S/C11H10BrN3O2S/c1-2-3-4-11(14-15-11)5-6-17-10(16)8-9(12)18-7-13-8/h1,7H,3-6H2. The normalized spacial score (nSPS) is 15.1. The number of hydrogen-bond donors (Lipinski definition) is 0. The molecular weight excluding hydrogens is 318 g/mol. The summed E-state index contributed by atoms with van der Waals surface area (Å²) in [5.74, 6) is 2.12. The van der Waals surface area contributed by atoms with Gasteiger partial charge in [0.15, 0.2) is 11.4 Å². The number of carbonyl (C=O) groups excluding carboxylic acids is 1. The number of esters is 1. The van der Waals surface area contributed by atoms with Crippen LogP contribution in [0.25, 0.3) is 0 Å². The average Bonchev–Trinajstić information content (AvgIpc) is 2.99. The van der Waals surface area contributed by atoms with Crippen molar-refractivity contribution >= 4 is 33.2 Å². The Bertz CT molecular complexity index is 515. The summed E-state index contributed by atoms with van der Waals surface area (Å²) in [4.78, 5) is 15.6. The molecule has 1 aromatic rings. The van der Waals surface area contributed by atoms with Crippen molar-refractivity contribution in [3.8, 4) is 12.3 Å². The summed E-state index contributed by atoms with van der Waals surface area (Å²) in [6.07, 6.45) is 7.10. The first kappa shape index (κ1) is 13.2. The third-order valence-electron chi connectivity index (χ3n) is 2.51. The molecule has 0 saturated carbocycles. The van der Waals surface area contributed by atoms with Crippen LogP contribution in [0.4, 0.5) is 0 Å². The van der Waals surface area contributed by atoms with E-state index in [-0.39, 0.29) is 6.61 Å². The number of nitrogens with zero attached hydrogens (tertiary/aromatic N) is 3. The summed E-state index contributed by atoms with van der Waals surface area (Å²) in [7, 11) is 0. The molecule has 0 aromatic carbocycles. The number of hydrogen-bond acceptors (Lipinski definition) is 6. The van der Waals surface area contributed by atoms with Gasteiger partial charge in [0.2, 0.25) is 0 Å². The molecule has 1 aliphatic heterocycles. The van der Waals surface area contributed by atoms with E-state index in [0.29, 0.717) is 28.7 Å². The van der Waals surface area contributed by atoms with Crippen LogP contribution < -0.4 is 0 Å². The van der Waals surface area contributed by atoms with Gasteiger partial charge in [0, 0.05) is 19.3 Å². The van der Waals surface area contributed by atoms with Crippen molar-refractivity contribution in [2.45, 2.75) is 24.9 Å². The van der Waals surface area contributed by atoms with Crippen LogP contribution in [-0.2, 0) is 4.74 Å². The highest BCUT2D eigenvalue weighted by atomic mass is 79.9. The number of rotatable bonds is 6. The number of ether oxygens (including phenoxy) is 1. The highest BCUT2D eigenvalue weighted by Gasteiger charge is 2.39. The van der Waals surface area contributed by atoms with Crippen molar-refractivity contribution in [1.82, 2.24) is 4.98 Å². The van der Waals surface area contributed by atoms with Crippen molar-refractivity contribution < 1.29 is 9.53 Å². The number of aromatic nitrogens is 1. The Hall–Kier alpha value is -1.26. The van der Waals surface area contributed by atoms with Gasteiger partial charge in [-0.05, 0) is 15.9 Å². The maximum atomic E-state index is 11.6. The zero-order chi connectivity index (χ0) is 13.0. The van der Waals surface area contributed by atoms with Gasteiger partial charge in [-0.1, -0.05) is 0 Å². The summed E-state index contributed by atoms with van der Waals surface area (Å²) in [5.41, 5.74) is 1.48. The van der Waals surface area contributed by atoms with Crippen molar-refractivity contribution in [3.63, 3.8) is 0 Å². The Kier molecular flexibility index (Phi) is 4.09. The van der Waals surface area contributed by atoms with E-state index < -0.39 is 11.6 Å². The quantitative estimate of drug-likeness (QED) is 0.596.